The molecule has 0 fully saturated rings. The summed E-state index contributed by atoms with van der Waals surface area (Å²) in [5.41, 5.74) is 0.859. The maximum absolute atomic E-state index is 6.62. The Morgan fingerprint density at radius 3 is 1.00 bits per heavy atom. The number of ether oxygens (including phenoxy) is 1. The highest BCUT2D eigenvalue weighted by Crippen LogP contribution is 2.49. The molecule has 0 saturated carbocycles. The smallest absolute Gasteiger partial charge is 0.0609 e. The van der Waals surface area contributed by atoms with Gasteiger partial charge in [-0.15, -0.1) is 0 Å². The zero-order chi connectivity index (χ0) is 17.3. The second-order valence-corrected chi connectivity index (χ2v) is 9.46. The molecule has 4 atom stereocenters. The van der Waals surface area contributed by atoms with Crippen molar-refractivity contribution in [2.24, 2.45) is 21.7 Å². The average Bonchev–Trinajstić information content (AvgIpc) is 2.33. The van der Waals surface area contributed by atoms with Crippen LogP contribution < -0.4 is 0 Å². The quantitative estimate of drug-likeness (QED) is 0.530. The van der Waals surface area contributed by atoms with Crippen LogP contribution in [0.3, 0.4) is 0 Å². The Morgan fingerprint density at radius 2 is 0.857 bits per heavy atom. The molecule has 0 N–H and O–H groups in total. The van der Waals surface area contributed by atoms with E-state index in [-0.39, 0.29) is 33.9 Å². The normalized spacial score (nSPS) is 22.3. The van der Waals surface area contributed by atoms with Crippen molar-refractivity contribution in [2.45, 2.75) is 108 Å². The van der Waals surface area contributed by atoms with Gasteiger partial charge in [0.05, 0.1) is 12.2 Å². The summed E-state index contributed by atoms with van der Waals surface area (Å²) in [5.74, 6) is 0. The van der Waals surface area contributed by atoms with Crippen LogP contribution in [0.15, 0.2) is 0 Å². The maximum atomic E-state index is 6.62. The van der Waals surface area contributed by atoms with Crippen molar-refractivity contribution < 1.29 is 4.74 Å². The molecule has 1 nitrogen and oxygen atoms in total. The van der Waals surface area contributed by atoms with Gasteiger partial charge in [0, 0.05) is 0 Å². The third-order valence-electron chi connectivity index (χ3n) is 7.10. The number of hydrogen-bond acceptors (Lipinski definition) is 1. The molecule has 0 amide bonds. The maximum Gasteiger partial charge on any atom is 0.0609 e. The summed E-state index contributed by atoms with van der Waals surface area (Å²) in [7, 11) is 0. The van der Waals surface area contributed by atoms with Crippen molar-refractivity contribution in [1.29, 1.82) is 0 Å². The van der Waals surface area contributed by atoms with E-state index in [9.17, 15) is 0 Å². The predicted molar refractivity (Wildman–Crippen MR) is 95.7 cm³/mol. The number of hydrogen-bond donors (Lipinski definition) is 0. The molecule has 0 saturated heterocycles. The molecule has 0 aliphatic heterocycles. The fraction of sp³-hybridized carbons (Fsp3) is 1.00. The lowest BCUT2D eigenvalue weighted by Gasteiger charge is -2.51. The Labute approximate surface area is 135 Å². The van der Waals surface area contributed by atoms with Gasteiger partial charge in [0.1, 0.15) is 0 Å². The molecule has 4 unspecified atom stereocenters. The van der Waals surface area contributed by atoms with Crippen LogP contribution >= 0.6 is 0 Å². The summed E-state index contributed by atoms with van der Waals surface area (Å²) in [6, 6.07) is 0. The van der Waals surface area contributed by atoms with Gasteiger partial charge in [-0.3, -0.25) is 0 Å². The van der Waals surface area contributed by atoms with E-state index < -0.39 is 0 Å². The second kappa shape index (κ2) is 6.60. The van der Waals surface area contributed by atoms with Crippen molar-refractivity contribution in [1.82, 2.24) is 0 Å². The lowest BCUT2D eigenvalue weighted by atomic mass is 9.62. The molecular weight excluding hydrogens is 256 g/mol. The Morgan fingerprint density at radius 1 is 0.619 bits per heavy atom. The van der Waals surface area contributed by atoms with Crippen LogP contribution in [0.5, 0.6) is 0 Å². The van der Waals surface area contributed by atoms with Gasteiger partial charge in [-0.2, -0.15) is 0 Å². The van der Waals surface area contributed by atoms with Gasteiger partial charge < -0.3 is 4.74 Å². The van der Waals surface area contributed by atoms with Crippen molar-refractivity contribution >= 4 is 0 Å². The SMILES string of the molecule is CCC(C)(C(C)OC(C)C(C)(CC)C(C)(C)C)C(C)(C)C. The largest absolute Gasteiger partial charge is 0.374 e. The van der Waals surface area contributed by atoms with E-state index in [1.165, 1.54) is 0 Å². The van der Waals surface area contributed by atoms with Gasteiger partial charge in [-0.05, 0) is 48.3 Å². The highest BCUT2D eigenvalue weighted by molar-refractivity contribution is 4.94. The van der Waals surface area contributed by atoms with Crippen LogP contribution in [0.4, 0.5) is 0 Å². The lowest BCUT2D eigenvalue weighted by molar-refractivity contribution is -0.159. The average molecular weight is 299 g/mol. The molecule has 0 heterocycles. The van der Waals surface area contributed by atoms with Crippen LogP contribution in [0.25, 0.3) is 0 Å². The standard InChI is InChI=1S/C20H42O/c1-13-19(11,17(5,6)7)15(3)21-16(4)20(12,14-2)18(8,9)10/h15-16H,13-14H2,1-12H3. The Hall–Kier alpha value is -0.0400. The van der Waals surface area contributed by atoms with E-state index in [4.69, 9.17) is 4.74 Å². The van der Waals surface area contributed by atoms with E-state index in [2.05, 4.69) is 83.1 Å². The minimum atomic E-state index is 0.188. The first-order valence-electron chi connectivity index (χ1n) is 8.82. The molecule has 1 heteroatoms. The van der Waals surface area contributed by atoms with Crippen LogP contribution in [0.1, 0.15) is 95.9 Å². The zero-order valence-corrected chi connectivity index (χ0v) is 17.0. The molecule has 128 valence electrons. The summed E-state index contributed by atoms with van der Waals surface area (Å²) in [6.45, 7) is 27.9. The van der Waals surface area contributed by atoms with E-state index in [1.807, 2.05) is 0 Å². The topological polar surface area (TPSA) is 9.23 Å². The Bertz CT molecular complexity index is 288. The van der Waals surface area contributed by atoms with Gasteiger partial charge in [0.15, 0.2) is 0 Å². The summed E-state index contributed by atoms with van der Waals surface area (Å²) in [5, 5.41) is 0. The van der Waals surface area contributed by atoms with E-state index in [1.54, 1.807) is 0 Å². The minimum absolute atomic E-state index is 0.188. The molecule has 0 aromatic carbocycles. The van der Waals surface area contributed by atoms with Crippen LogP contribution in [-0.4, -0.2) is 12.2 Å². The molecule has 0 radical (unpaired) electrons. The summed E-state index contributed by atoms with van der Waals surface area (Å²) in [6.07, 6.45) is 2.79. The van der Waals surface area contributed by atoms with E-state index in [0.29, 0.717) is 0 Å². The molecule has 0 bridgehead atoms. The molecule has 0 aliphatic rings. The molecule has 0 aliphatic carbocycles. The van der Waals surface area contributed by atoms with Crippen molar-refractivity contribution in [2.75, 3.05) is 0 Å². The first-order valence-corrected chi connectivity index (χ1v) is 8.82. The molecular formula is C20H42O. The fourth-order valence-electron chi connectivity index (χ4n) is 3.46. The Kier molecular flexibility index (Phi) is 6.59. The number of rotatable bonds is 6. The molecule has 0 aromatic heterocycles. The summed E-state index contributed by atoms with van der Waals surface area (Å²) < 4.78 is 6.62. The van der Waals surface area contributed by atoms with E-state index in [0.717, 1.165) is 12.8 Å². The van der Waals surface area contributed by atoms with Crippen molar-refractivity contribution in [3.63, 3.8) is 0 Å². The predicted octanol–water partition coefficient (Wildman–Crippen LogP) is 6.70. The zero-order valence-electron chi connectivity index (χ0n) is 17.0. The van der Waals surface area contributed by atoms with Gasteiger partial charge in [-0.25, -0.2) is 0 Å². The third kappa shape index (κ3) is 4.03. The van der Waals surface area contributed by atoms with Gasteiger partial charge >= 0.3 is 0 Å². The highest BCUT2D eigenvalue weighted by atomic mass is 16.5. The van der Waals surface area contributed by atoms with Crippen LogP contribution in [0.2, 0.25) is 0 Å². The molecule has 21 heavy (non-hydrogen) atoms. The van der Waals surface area contributed by atoms with Gasteiger partial charge in [-0.1, -0.05) is 69.2 Å². The van der Waals surface area contributed by atoms with Crippen molar-refractivity contribution in [3.8, 4) is 0 Å². The molecule has 0 rings (SSSR count). The lowest BCUT2D eigenvalue weighted by Crippen LogP contribution is -2.49. The van der Waals surface area contributed by atoms with Gasteiger partial charge in [0.2, 0.25) is 0 Å². The second-order valence-electron chi connectivity index (χ2n) is 9.46. The van der Waals surface area contributed by atoms with Crippen molar-refractivity contribution in [3.05, 3.63) is 0 Å². The molecule has 0 aromatic rings. The summed E-state index contributed by atoms with van der Waals surface area (Å²) >= 11 is 0. The van der Waals surface area contributed by atoms with E-state index >= 15 is 0 Å². The molecule has 0 spiro atoms. The first-order chi connectivity index (χ1) is 9.17. The third-order valence-corrected chi connectivity index (χ3v) is 7.10. The highest BCUT2D eigenvalue weighted by Gasteiger charge is 2.46. The monoisotopic (exact) mass is 298 g/mol. The summed E-state index contributed by atoms with van der Waals surface area (Å²) in [4.78, 5) is 0. The van der Waals surface area contributed by atoms with Gasteiger partial charge in [0.25, 0.3) is 0 Å². The fourth-order valence-corrected chi connectivity index (χ4v) is 3.46. The minimum Gasteiger partial charge on any atom is -0.374 e. The van der Waals surface area contributed by atoms with Crippen LogP contribution in [-0.2, 0) is 4.74 Å². The first kappa shape index (κ1) is 21.0. The van der Waals surface area contributed by atoms with Crippen LogP contribution in [0, 0.1) is 21.7 Å². The Balaban J connectivity index is 5.29.